The van der Waals surface area contributed by atoms with Gasteiger partial charge >= 0.3 is 0 Å². The summed E-state index contributed by atoms with van der Waals surface area (Å²) in [6.07, 6.45) is 0.719. The van der Waals surface area contributed by atoms with E-state index in [1.54, 1.807) is 6.07 Å². The van der Waals surface area contributed by atoms with Gasteiger partial charge < -0.3 is 0 Å². The van der Waals surface area contributed by atoms with Crippen LogP contribution in [0.15, 0.2) is 43.0 Å². The van der Waals surface area contributed by atoms with E-state index in [1.807, 2.05) is 30.3 Å². The van der Waals surface area contributed by atoms with E-state index >= 15 is 0 Å². The summed E-state index contributed by atoms with van der Waals surface area (Å²) < 4.78 is 0. The Morgan fingerprint density at radius 3 is 2.79 bits per heavy atom. The van der Waals surface area contributed by atoms with Crippen LogP contribution in [0.3, 0.4) is 0 Å². The van der Waals surface area contributed by atoms with Gasteiger partial charge in [0.1, 0.15) is 0 Å². The lowest BCUT2D eigenvalue weighted by atomic mass is 10.1. The summed E-state index contributed by atoms with van der Waals surface area (Å²) in [5, 5.41) is 1.06. The van der Waals surface area contributed by atoms with Crippen molar-refractivity contribution in [2.75, 3.05) is 0 Å². The highest BCUT2D eigenvalue weighted by molar-refractivity contribution is 6.05. The third kappa shape index (κ3) is 1.42. The fraction of sp³-hybridized carbons (Fsp3) is 0. The lowest BCUT2D eigenvalue weighted by Gasteiger charge is -2.00. The van der Waals surface area contributed by atoms with Gasteiger partial charge in [0.15, 0.2) is 6.29 Å². The summed E-state index contributed by atoms with van der Waals surface area (Å²) >= 11 is 0. The molecule has 0 aliphatic rings. The molecule has 0 aliphatic heterocycles. The van der Waals surface area contributed by atoms with Crippen LogP contribution in [0, 0.1) is 0 Å². The fourth-order valence-electron chi connectivity index (χ4n) is 1.31. The maximum Gasteiger partial charge on any atom is 0.151 e. The molecule has 0 spiro atoms. The fourth-order valence-corrected chi connectivity index (χ4v) is 1.31. The molecule has 2 rings (SSSR count). The van der Waals surface area contributed by atoms with Gasteiger partial charge in [0.05, 0.1) is 11.2 Å². The molecule has 2 aromatic rings. The van der Waals surface area contributed by atoms with Crippen molar-refractivity contribution in [3.63, 3.8) is 0 Å². The average Bonchev–Trinajstić information content (AvgIpc) is 2.27. The van der Waals surface area contributed by atoms with Gasteiger partial charge in [-0.25, -0.2) is 4.98 Å². The van der Waals surface area contributed by atoms with Crippen LogP contribution in [-0.2, 0) is 4.79 Å². The number of aromatic nitrogens is 1. The largest absolute Gasteiger partial charge is 0.298 e. The van der Waals surface area contributed by atoms with Crippen molar-refractivity contribution in [1.82, 2.24) is 4.98 Å². The summed E-state index contributed by atoms with van der Waals surface area (Å²) in [5.74, 6) is 0. The van der Waals surface area contributed by atoms with E-state index in [-0.39, 0.29) is 0 Å². The lowest BCUT2D eigenvalue weighted by Crippen LogP contribution is -1.89. The number of pyridine rings is 1. The van der Waals surface area contributed by atoms with Crippen LogP contribution in [0.4, 0.5) is 0 Å². The Hall–Kier alpha value is -1.96. The van der Waals surface area contributed by atoms with Gasteiger partial charge in [-0.1, -0.05) is 30.8 Å². The molecular weight excluding hydrogens is 174 g/mol. The van der Waals surface area contributed by atoms with E-state index < -0.39 is 0 Å². The van der Waals surface area contributed by atoms with Gasteiger partial charge in [-0.05, 0) is 12.1 Å². The topological polar surface area (TPSA) is 30.0 Å². The van der Waals surface area contributed by atoms with Crippen LogP contribution in [0.1, 0.15) is 5.69 Å². The highest BCUT2D eigenvalue weighted by atomic mass is 16.1. The first-order valence-corrected chi connectivity index (χ1v) is 4.31. The minimum Gasteiger partial charge on any atom is -0.298 e. The molecule has 1 aromatic heterocycles. The molecule has 0 unspecified atom stereocenters. The molecule has 0 N–H and O–H groups in total. The minimum absolute atomic E-state index is 0.413. The van der Waals surface area contributed by atoms with E-state index in [1.165, 1.54) is 0 Å². The predicted molar refractivity (Wildman–Crippen MR) is 56.8 cm³/mol. The smallest absolute Gasteiger partial charge is 0.151 e. The zero-order valence-corrected chi connectivity index (χ0v) is 7.60. The first-order valence-electron chi connectivity index (χ1n) is 4.31. The SMILES string of the molecule is C=C(C=O)c1ccc2ccccc2n1. The number of aldehydes is 1. The molecule has 14 heavy (non-hydrogen) atoms. The number of rotatable bonds is 2. The first kappa shape index (κ1) is 8.63. The maximum atomic E-state index is 10.5. The number of nitrogens with zero attached hydrogens (tertiary/aromatic N) is 1. The number of carbonyl (C=O) groups is 1. The Balaban J connectivity index is 2.62. The summed E-state index contributed by atoms with van der Waals surface area (Å²) in [7, 11) is 0. The average molecular weight is 183 g/mol. The zero-order valence-electron chi connectivity index (χ0n) is 7.60. The Bertz CT molecular complexity index is 502. The van der Waals surface area contributed by atoms with Crippen LogP contribution in [-0.4, -0.2) is 11.3 Å². The van der Waals surface area contributed by atoms with Crippen LogP contribution in [0.5, 0.6) is 0 Å². The van der Waals surface area contributed by atoms with Gasteiger partial charge in [-0.2, -0.15) is 0 Å². The van der Waals surface area contributed by atoms with Gasteiger partial charge in [-0.3, -0.25) is 4.79 Å². The lowest BCUT2D eigenvalue weighted by molar-refractivity contribution is -0.103. The van der Waals surface area contributed by atoms with Crippen LogP contribution in [0.2, 0.25) is 0 Å². The van der Waals surface area contributed by atoms with Gasteiger partial charge in [-0.15, -0.1) is 0 Å². The summed E-state index contributed by atoms with van der Waals surface area (Å²) in [6, 6.07) is 11.5. The number of para-hydroxylation sites is 1. The Morgan fingerprint density at radius 2 is 2.00 bits per heavy atom. The second-order valence-corrected chi connectivity index (χ2v) is 3.03. The van der Waals surface area contributed by atoms with Crippen molar-refractivity contribution < 1.29 is 4.79 Å². The minimum atomic E-state index is 0.413. The van der Waals surface area contributed by atoms with E-state index in [4.69, 9.17) is 0 Å². The van der Waals surface area contributed by atoms with Crippen molar-refractivity contribution in [2.24, 2.45) is 0 Å². The van der Waals surface area contributed by atoms with Crippen molar-refractivity contribution >= 4 is 22.8 Å². The van der Waals surface area contributed by atoms with Crippen molar-refractivity contribution in [2.45, 2.75) is 0 Å². The molecule has 68 valence electrons. The number of hydrogen-bond donors (Lipinski definition) is 0. The Morgan fingerprint density at radius 1 is 1.21 bits per heavy atom. The molecule has 0 amide bonds. The molecule has 0 saturated heterocycles. The number of benzene rings is 1. The number of hydrogen-bond acceptors (Lipinski definition) is 2. The van der Waals surface area contributed by atoms with E-state index in [2.05, 4.69) is 11.6 Å². The van der Waals surface area contributed by atoms with Crippen LogP contribution >= 0.6 is 0 Å². The molecule has 0 atom stereocenters. The quantitative estimate of drug-likeness (QED) is 0.528. The number of fused-ring (bicyclic) bond motifs is 1. The van der Waals surface area contributed by atoms with Gasteiger partial charge in [0.2, 0.25) is 0 Å². The van der Waals surface area contributed by atoms with Gasteiger partial charge in [0.25, 0.3) is 0 Å². The molecule has 0 bridgehead atoms. The van der Waals surface area contributed by atoms with E-state index in [9.17, 15) is 4.79 Å². The molecule has 0 saturated carbocycles. The van der Waals surface area contributed by atoms with E-state index in [0.29, 0.717) is 11.3 Å². The Kier molecular flexibility index (Phi) is 2.11. The highest BCUT2D eigenvalue weighted by Gasteiger charge is 1.99. The molecule has 1 heterocycles. The first-order chi connectivity index (χ1) is 6.81. The zero-order chi connectivity index (χ0) is 9.97. The molecule has 2 heteroatoms. The molecular formula is C12H9NO. The van der Waals surface area contributed by atoms with Crippen molar-refractivity contribution in [3.05, 3.63) is 48.7 Å². The summed E-state index contributed by atoms with van der Waals surface area (Å²) in [4.78, 5) is 14.8. The number of allylic oxidation sites excluding steroid dienone is 1. The second-order valence-electron chi connectivity index (χ2n) is 3.03. The van der Waals surface area contributed by atoms with Crippen LogP contribution < -0.4 is 0 Å². The van der Waals surface area contributed by atoms with Crippen LogP contribution in [0.25, 0.3) is 16.5 Å². The monoisotopic (exact) mass is 183 g/mol. The molecule has 2 nitrogen and oxygen atoms in total. The third-order valence-electron chi connectivity index (χ3n) is 2.07. The normalized spacial score (nSPS) is 10.0. The van der Waals surface area contributed by atoms with Crippen molar-refractivity contribution in [1.29, 1.82) is 0 Å². The summed E-state index contributed by atoms with van der Waals surface area (Å²) in [6.45, 7) is 3.62. The molecule has 1 aromatic carbocycles. The van der Waals surface area contributed by atoms with Crippen molar-refractivity contribution in [3.8, 4) is 0 Å². The number of carbonyl (C=O) groups excluding carboxylic acids is 1. The predicted octanol–water partition coefficient (Wildman–Crippen LogP) is 2.45. The molecule has 0 fully saturated rings. The molecule has 0 radical (unpaired) electrons. The third-order valence-corrected chi connectivity index (χ3v) is 2.07. The standard InChI is InChI=1S/C12H9NO/c1-9(8-14)11-7-6-10-4-2-3-5-12(10)13-11/h2-8H,1H2. The highest BCUT2D eigenvalue weighted by Crippen LogP contribution is 2.14. The summed E-state index contributed by atoms with van der Waals surface area (Å²) in [5.41, 5.74) is 1.93. The van der Waals surface area contributed by atoms with E-state index in [0.717, 1.165) is 17.2 Å². The van der Waals surface area contributed by atoms with Gasteiger partial charge in [0, 0.05) is 11.0 Å². The Labute approximate surface area is 81.9 Å². The maximum absolute atomic E-state index is 10.5. The second kappa shape index (κ2) is 3.42. The molecule has 0 aliphatic carbocycles.